The number of unbranched alkanes of at least 4 members (excludes halogenated alkanes) is 50. The molecule has 0 rings (SSSR count). The van der Waals surface area contributed by atoms with E-state index in [-0.39, 0.29) is 0 Å². The van der Waals surface area contributed by atoms with E-state index in [0.29, 0.717) is 0 Å². The average Bonchev–Trinajstić information content (AvgIpc) is 3.32. The monoisotopic (exact) mass is 907 g/mol. The average molecular weight is 908 g/mol. The predicted octanol–water partition coefficient (Wildman–Crippen LogP) is 23.7. The van der Waals surface area contributed by atoms with Crippen molar-refractivity contribution in [2.24, 2.45) is 0 Å². The van der Waals surface area contributed by atoms with Gasteiger partial charge in [0.2, 0.25) is 0 Å². The molecule has 0 saturated heterocycles. The highest BCUT2D eigenvalue weighted by molar-refractivity contribution is 5.72. The molecule has 0 N–H and O–H groups in total. The van der Waals surface area contributed by atoms with Gasteiger partial charge in [-0.2, -0.15) is 0 Å². The van der Waals surface area contributed by atoms with Gasteiger partial charge in [0.05, 0.1) is 0 Å². The van der Waals surface area contributed by atoms with Crippen LogP contribution in [0.3, 0.4) is 0 Å². The van der Waals surface area contributed by atoms with E-state index in [4.69, 9.17) is 0 Å². The second-order valence-corrected chi connectivity index (χ2v) is 21.2. The molecule has 0 unspecified atom stereocenters. The summed E-state index contributed by atoms with van der Waals surface area (Å²) in [6.07, 6.45) is 89.9. The summed E-state index contributed by atoms with van der Waals surface area (Å²) in [6.45, 7) is 4.60. The summed E-state index contributed by atoms with van der Waals surface area (Å²) in [5.41, 5.74) is 1.07. The smallest absolute Gasteiger partial charge is 0.145 e. The van der Waals surface area contributed by atoms with Crippen molar-refractivity contribution < 1.29 is 4.79 Å². The fourth-order valence-electron chi connectivity index (χ4n) is 9.88. The summed E-state index contributed by atoms with van der Waals surface area (Å²) in [5, 5.41) is 0. The van der Waals surface area contributed by atoms with Crippen molar-refractivity contribution in [3.63, 3.8) is 0 Å². The highest BCUT2D eigenvalue weighted by Crippen LogP contribution is 2.19. The lowest BCUT2D eigenvalue weighted by molar-refractivity contribution is -0.105. The Kier molecular flexibility index (Phi) is 59.9. The fourth-order valence-corrected chi connectivity index (χ4v) is 9.88. The van der Waals surface area contributed by atoms with Gasteiger partial charge in [-0.3, -0.25) is 4.79 Å². The topological polar surface area (TPSA) is 17.1 Å². The molecule has 0 aliphatic carbocycles. The maximum Gasteiger partial charge on any atom is 0.145 e. The molecule has 0 aliphatic rings. The largest absolute Gasteiger partial charge is 0.298 e. The second kappa shape index (κ2) is 60.9. The van der Waals surface area contributed by atoms with E-state index in [2.05, 4.69) is 44.2 Å². The Bertz CT molecular complexity index is 941. The number of rotatable bonds is 58. The van der Waals surface area contributed by atoms with E-state index in [9.17, 15) is 4.79 Å². The number of allylic oxidation sites excluding steroid dienone is 6. The Morgan fingerprint density at radius 1 is 0.231 bits per heavy atom. The first-order chi connectivity index (χ1) is 32.3. The summed E-state index contributed by atoms with van der Waals surface area (Å²) < 4.78 is 0. The molecule has 0 aromatic rings. The summed E-state index contributed by atoms with van der Waals surface area (Å²) in [5.74, 6) is 0. The molecule has 0 fully saturated rings. The molecule has 384 valence electrons. The third-order valence-electron chi connectivity index (χ3n) is 14.5. The Hall–Kier alpha value is -1.11. The van der Waals surface area contributed by atoms with Crippen LogP contribution >= 0.6 is 0 Å². The van der Waals surface area contributed by atoms with Crippen LogP contribution in [0.25, 0.3) is 0 Å². The van der Waals surface area contributed by atoms with Crippen molar-refractivity contribution >= 4 is 6.29 Å². The Balaban J connectivity index is 3.29. The molecule has 0 spiro atoms. The van der Waals surface area contributed by atoms with Crippen molar-refractivity contribution in [2.75, 3.05) is 0 Å². The zero-order chi connectivity index (χ0) is 46.7. The van der Waals surface area contributed by atoms with E-state index in [1.54, 1.807) is 0 Å². The van der Waals surface area contributed by atoms with Gasteiger partial charge in [-0.15, -0.1) is 0 Å². The normalized spacial score (nSPS) is 12.2. The Morgan fingerprint density at radius 3 is 0.631 bits per heavy atom. The molecule has 0 aliphatic heterocycles. The van der Waals surface area contributed by atoms with Gasteiger partial charge in [0.1, 0.15) is 6.29 Å². The van der Waals surface area contributed by atoms with Gasteiger partial charge < -0.3 is 0 Å². The standard InChI is InChI=1S/C64H122O/c1-3-5-7-9-11-13-15-17-19-21-23-25-27-29-31-33-34-36-38-40-42-44-46-48-50-52-54-56-58-60-62-64(63-65)61-59-57-55-53-51-49-47-45-43-41-39-37-35-32-30-28-26-24-22-20-18-16-14-12-10-8-6-4-2/h17-20,62-63H,3-16,21-61H2,1-2H3/b19-17-,20-18-,64-62-. The summed E-state index contributed by atoms with van der Waals surface area (Å²) in [4.78, 5) is 11.6. The van der Waals surface area contributed by atoms with Gasteiger partial charge in [0.25, 0.3) is 0 Å². The molecule has 0 radical (unpaired) electrons. The van der Waals surface area contributed by atoms with Crippen molar-refractivity contribution in [2.45, 2.75) is 367 Å². The molecule has 0 heterocycles. The molecule has 1 nitrogen and oxygen atoms in total. The molecule has 0 atom stereocenters. The van der Waals surface area contributed by atoms with E-state index in [1.165, 1.54) is 340 Å². The zero-order valence-electron chi connectivity index (χ0n) is 45.3. The predicted molar refractivity (Wildman–Crippen MR) is 298 cm³/mol. The molecular weight excluding hydrogens is 785 g/mol. The molecule has 0 aromatic carbocycles. The van der Waals surface area contributed by atoms with Crippen LogP contribution in [0.5, 0.6) is 0 Å². The van der Waals surface area contributed by atoms with E-state index < -0.39 is 0 Å². The van der Waals surface area contributed by atoms with E-state index in [1.807, 2.05) is 0 Å². The minimum atomic E-state index is 0.999. The third kappa shape index (κ3) is 59.0. The van der Waals surface area contributed by atoms with Crippen LogP contribution in [-0.4, -0.2) is 6.29 Å². The van der Waals surface area contributed by atoms with Gasteiger partial charge >= 0.3 is 0 Å². The summed E-state index contributed by atoms with van der Waals surface area (Å²) >= 11 is 0. The zero-order valence-corrected chi connectivity index (χ0v) is 45.3. The molecule has 0 aromatic heterocycles. The van der Waals surface area contributed by atoms with Gasteiger partial charge in [0, 0.05) is 0 Å². The lowest BCUT2D eigenvalue weighted by atomic mass is 10.0. The van der Waals surface area contributed by atoms with Crippen LogP contribution in [0.15, 0.2) is 36.0 Å². The highest BCUT2D eigenvalue weighted by atomic mass is 16.1. The van der Waals surface area contributed by atoms with Crippen LogP contribution in [0, 0.1) is 0 Å². The van der Waals surface area contributed by atoms with E-state index >= 15 is 0 Å². The Labute approximate surface area is 412 Å². The Morgan fingerprint density at radius 2 is 0.415 bits per heavy atom. The lowest BCUT2D eigenvalue weighted by Gasteiger charge is -2.05. The number of hydrogen-bond acceptors (Lipinski definition) is 1. The maximum atomic E-state index is 11.6. The van der Waals surface area contributed by atoms with Crippen LogP contribution < -0.4 is 0 Å². The number of carbonyl (C=O) groups is 1. The second-order valence-electron chi connectivity index (χ2n) is 21.2. The first-order valence-electron chi connectivity index (χ1n) is 30.8. The van der Waals surface area contributed by atoms with Crippen LogP contribution in [0.1, 0.15) is 367 Å². The van der Waals surface area contributed by atoms with Crippen LogP contribution in [0.2, 0.25) is 0 Å². The van der Waals surface area contributed by atoms with Crippen LogP contribution in [0.4, 0.5) is 0 Å². The van der Waals surface area contributed by atoms with Crippen molar-refractivity contribution in [3.8, 4) is 0 Å². The first kappa shape index (κ1) is 63.9. The molecule has 0 saturated carbocycles. The molecule has 1 heteroatoms. The van der Waals surface area contributed by atoms with Gasteiger partial charge in [0.15, 0.2) is 0 Å². The van der Waals surface area contributed by atoms with Crippen molar-refractivity contribution in [1.82, 2.24) is 0 Å². The SMILES string of the molecule is CCCCCCCC/C=C\CCCCCCCCCCCCCCCCCCCCC/C=C(\C=O)CCCCCCCCCCCCCCCCCCCC/C=C\CCCCCCCC. The third-order valence-corrected chi connectivity index (χ3v) is 14.5. The molecule has 0 amide bonds. The number of aldehydes is 1. The summed E-state index contributed by atoms with van der Waals surface area (Å²) in [6, 6.07) is 0. The lowest BCUT2D eigenvalue weighted by Crippen LogP contribution is -1.88. The highest BCUT2D eigenvalue weighted by Gasteiger charge is 2.00. The maximum absolute atomic E-state index is 11.6. The molecule has 0 bridgehead atoms. The number of carbonyl (C=O) groups excluding carboxylic acids is 1. The summed E-state index contributed by atoms with van der Waals surface area (Å²) in [7, 11) is 0. The first-order valence-corrected chi connectivity index (χ1v) is 30.8. The number of hydrogen-bond donors (Lipinski definition) is 0. The molecular formula is C64H122O. The minimum absolute atomic E-state index is 0.999. The van der Waals surface area contributed by atoms with Gasteiger partial charge in [-0.1, -0.05) is 320 Å². The quantitative estimate of drug-likeness (QED) is 0.0257. The van der Waals surface area contributed by atoms with Crippen LogP contribution in [-0.2, 0) is 4.79 Å². The van der Waals surface area contributed by atoms with Gasteiger partial charge in [-0.25, -0.2) is 0 Å². The van der Waals surface area contributed by atoms with Gasteiger partial charge in [-0.05, 0) is 82.6 Å². The fraction of sp³-hybridized carbons (Fsp3) is 0.891. The van der Waals surface area contributed by atoms with Crippen molar-refractivity contribution in [3.05, 3.63) is 36.0 Å². The molecule has 65 heavy (non-hydrogen) atoms. The van der Waals surface area contributed by atoms with E-state index in [0.717, 1.165) is 24.7 Å². The van der Waals surface area contributed by atoms with Crippen molar-refractivity contribution in [1.29, 1.82) is 0 Å². The minimum Gasteiger partial charge on any atom is -0.298 e.